The van der Waals surface area contributed by atoms with Crippen LogP contribution in [0.15, 0.2) is 27.2 Å². The van der Waals surface area contributed by atoms with Gasteiger partial charge in [0.1, 0.15) is 11.1 Å². The minimum Gasteiger partial charge on any atom is -0.463 e. The zero-order chi connectivity index (χ0) is 16.6. The first-order chi connectivity index (χ1) is 11.5. The summed E-state index contributed by atoms with van der Waals surface area (Å²) in [4.78, 5) is 4.76. The van der Waals surface area contributed by atoms with Crippen molar-refractivity contribution < 1.29 is 8.83 Å². The minimum absolute atomic E-state index is 0.209. The molecular weight excluding hydrogens is 298 g/mol. The van der Waals surface area contributed by atoms with E-state index in [1.54, 1.807) is 0 Å². The lowest BCUT2D eigenvalue weighted by Crippen LogP contribution is -2.23. The summed E-state index contributed by atoms with van der Waals surface area (Å²) in [5.41, 5.74) is 6.99. The van der Waals surface area contributed by atoms with E-state index in [4.69, 9.17) is 13.8 Å². The Kier molecular flexibility index (Phi) is 2.59. The van der Waals surface area contributed by atoms with Gasteiger partial charge in [0.25, 0.3) is 0 Å². The maximum Gasteiger partial charge on any atom is 0.192 e. The molecule has 0 saturated carbocycles. The Hall–Kier alpha value is -2.29. The van der Waals surface area contributed by atoms with Gasteiger partial charge in [0, 0.05) is 17.7 Å². The molecule has 0 unspecified atom stereocenters. The van der Waals surface area contributed by atoms with Gasteiger partial charge in [0.15, 0.2) is 11.5 Å². The van der Waals surface area contributed by atoms with Gasteiger partial charge in [0.05, 0.1) is 11.6 Å². The number of furan rings is 1. The van der Waals surface area contributed by atoms with Crippen molar-refractivity contribution in [3.8, 4) is 0 Å². The van der Waals surface area contributed by atoms with E-state index in [1.165, 1.54) is 29.4 Å². The molecule has 0 bridgehead atoms. The fraction of sp³-hybridized carbons (Fsp3) is 0.381. The van der Waals surface area contributed by atoms with Gasteiger partial charge < -0.3 is 8.83 Å². The average molecular weight is 319 g/mol. The molecule has 0 spiro atoms. The minimum atomic E-state index is 0.209. The first kappa shape index (κ1) is 14.1. The van der Waals surface area contributed by atoms with Crippen LogP contribution >= 0.6 is 0 Å². The average Bonchev–Trinajstić information content (AvgIpc) is 3.09. The van der Waals surface area contributed by atoms with E-state index in [-0.39, 0.29) is 5.41 Å². The Bertz CT molecular complexity index is 1130. The van der Waals surface area contributed by atoms with Gasteiger partial charge in [-0.25, -0.2) is 4.98 Å². The molecule has 0 fully saturated rings. The summed E-state index contributed by atoms with van der Waals surface area (Å²) in [6.07, 6.45) is 5.37. The molecular formula is C21H21NO2. The Morgan fingerprint density at radius 2 is 1.92 bits per heavy atom. The summed E-state index contributed by atoms with van der Waals surface area (Å²) >= 11 is 0. The molecule has 24 heavy (non-hydrogen) atoms. The monoisotopic (exact) mass is 319 g/mol. The highest BCUT2D eigenvalue weighted by atomic mass is 16.4. The number of oxazole rings is 1. The van der Waals surface area contributed by atoms with Crippen molar-refractivity contribution in [1.29, 1.82) is 0 Å². The topological polar surface area (TPSA) is 39.2 Å². The molecule has 0 atom stereocenters. The summed E-state index contributed by atoms with van der Waals surface area (Å²) in [6.45, 7) is 8.68. The fourth-order valence-corrected chi connectivity index (χ4v) is 4.53. The SMILES string of the molecule is Cc1nc2c(o1)c1c(C)coc1c1ccc3c(c12)CCCC3(C)C. The third-order valence-corrected chi connectivity index (χ3v) is 5.69. The van der Waals surface area contributed by atoms with Gasteiger partial charge in [0.2, 0.25) is 0 Å². The molecule has 0 amide bonds. The molecule has 0 saturated heterocycles. The van der Waals surface area contributed by atoms with Crippen LogP contribution in [0.2, 0.25) is 0 Å². The Morgan fingerprint density at radius 1 is 1.08 bits per heavy atom. The van der Waals surface area contributed by atoms with Crippen LogP contribution in [-0.4, -0.2) is 4.98 Å². The number of aromatic nitrogens is 1. The standard InChI is InChI=1S/C21H21NO2/c1-11-10-23-19-14-7-8-15-13(6-5-9-21(15,3)4)17(14)18-20(16(11)19)24-12(2)22-18/h7-8,10H,5-6,9H2,1-4H3. The number of nitrogens with zero attached hydrogens (tertiary/aromatic N) is 1. The maximum absolute atomic E-state index is 6.00. The molecule has 2 aromatic heterocycles. The second-order valence-corrected chi connectivity index (χ2v) is 7.79. The zero-order valence-corrected chi connectivity index (χ0v) is 14.6. The predicted octanol–water partition coefficient (Wildman–Crippen LogP) is 5.96. The van der Waals surface area contributed by atoms with Crippen LogP contribution in [0.25, 0.3) is 32.8 Å². The maximum atomic E-state index is 6.00. The first-order valence-corrected chi connectivity index (χ1v) is 8.70. The number of rotatable bonds is 0. The number of hydrogen-bond donors (Lipinski definition) is 0. The van der Waals surface area contributed by atoms with Crippen molar-refractivity contribution in [2.45, 2.75) is 52.4 Å². The molecule has 3 nitrogen and oxygen atoms in total. The van der Waals surface area contributed by atoms with E-state index in [2.05, 4.69) is 32.9 Å². The smallest absolute Gasteiger partial charge is 0.192 e. The van der Waals surface area contributed by atoms with E-state index in [0.29, 0.717) is 5.89 Å². The predicted molar refractivity (Wildman–Crippen MR) is 96.7 cm³/mol. The van der Waals surface area contributed by atoms with E-state index < -0.39 is 0 Å². The molecule has 0 aliphatic heterocycles. The van der Waals surface area contributed by atoms with Crippen LogP contribution in [0.5, 0.6) is 0 Å². The Balaban J connectivity index is 2.08. The highest BCUT2D eigenvalue weighted by Crippen LogP contribution is 2.45. The van der Waals surface area contributed by atoms with Crippen molar-refractivity contribution in [2.75, 3.05) is 0 Å². The highest BCUT2D eigenvalue weighted by molar-refractivity contribution is 6.22. The Labute approximate surface area is 140 Å². The van der Waals surface area contributed by atoms with Gasteiger partial charge in [-0.3, -0.25) is 0 Å². The Morgan fingerprint density at radius 3 is 2.75 bits per heavy atom. The summed E-state index contributed by atoms with van der Waals surface area (Å²) in [5, 5.41) is 3.46. The third-order valence-electron chi connectivity index (χ3n) is 5.69. The fourth-order valence-electron chi connectivity index (χ4n) is 4.53. The normalized spacial score (nSPS) is 17.0. The molecule has 0 N–H and O–H groups in total. The van der Waals surface area contributed by atoms with Crippen molar-refractivity contribution in [2.24, 2.45) is 0 Å². The number of benzene rings is 2. The second kappa shape index (κ2) is 4.41. The van der Waals surface area contributed by atoms with Crippen LogP contribution in [0.4, 0.5) is 0 Å². The quantitative estimate of drug-likeness (QED) is 0.401. The summed E-state index contributed by atoms with van der Waals surface area (Å²) in [7, 11) is 0. The van der Waals surface area contributed by atoms with Gasteiger partial charge in [-0.2, -0.15) is 0 Å². The largest absolute Gasteiger partial charge is 0.463 e. The summed E-state index contributed by atoms with van der Waals surface area (Å²) < 4.78 is 11.9. The lowest BCUT2D eigenvalue weighted by Gasteiger charge is -2.33. The molecule has 122 valence electrons. The van der Waals surface area contributed by atoms with E-state index in [0.717, 1.165) is 39.4 Å². The molecule has 5 rings (SSSR count). The summed E-state index contributed by atoms with van der Waals surface area (Å²) in [5.74, 6) is 0.715. The van der Waals surface area contributed by atoms with Crippen LogP contribution in [0, 0.1) is 13.8 Å². The van der Waals surface area contributed by atoms with E-state index >= 15 is 0 Å². The molecule has 0 radical (unpaired) electrons. The molecule has 1 aliphatic carbocycles. The molecule has 3 heteroatoms. The zero-order valence-electron chi connectivity index (χ0n) is 14.6. The van der Waals surface area contributed by atoms with Crippen molar-refractivity contribution in [3.05, 3.63) is 41.0 Å². The molecule has 2 aromatic carbocycles. The first-order valence-electron chi connectivity index (χ1n) is 8.70. The van der Waals surface area contributed by atoms with Crippen LogP contribution < -0.4 is 0 Å². The molecule has 1 aliphatic rings. The second-order valence-electron chi connectivity index (χ2n) is 7.79. The highest BCUT2D eigenvalue weighted by Gasteiger charge is 2.30. The number of fused-ring (bicyclic) bond motifs is 8. The number of aryl methyl sites for hydroxylation is 3. The number of hydrogen-bond acceptors (Lipinski definition) is 3. The van der Waals surface area contributed by atoms with Gasteiger partial charge in [-0.15, -0.1) is 0 Å². The van der Waals surface area contributed by atoms with Crippen LogP contribution in [0.1, 0.15) is 49.3 Å². The van der Waals surface area contributed by atoms with Crippen LogP contribution in [0.3, 0.4) is 0 Å². The van der Waals surface area contributed by atoms with Crippen LogP contribution in [-0.2, 0) is 11.8 Å². The lowest BCUT2D eigenvalue weighted by molar-refractivity contribution is 0.433. The van der Waals surface area contributed by atoms with Crippen molar-refractivity contribution in [3.63, 3.8) is 0 Å². The molecule has 2 heterocycles. The van der Waals surface area contributed by atoms with E-state index in [9.17, 15) is 0 Å². The summed E-state index contributed by atoms with van der Waals surface area (Å²) in [6, 6.07) is 4.52. The van der Waals surface area contributed by atoms with Gasteiger partial charge in [-0.05, 0) is 48.3 Å². The van der Waals surface area contributed by atoms with Crippen molar-refractivity contribution in [1.82, 2.24) is 4.98 Å². The molecule has 4 aromatic rings. The van der Waals surface area contributed by atoms with Gasteiger partial charge in [-0.1, -0.05) is 26.0 Å². The van der Waals surface area contributed by atoms with E-state index in [1.807, 2.05) is 13.2 Å². The van der Waals surface area contributed by atoms with Crippen molar-refractivity contribution >= 4 is 32.8 Å². The van der Waals surface area contributed by atoms with Gasteiger partial charge >= 0.3 is 0 Å². The lowest BCUT2D eigenvalue weighted by atomic mass is 9.71. The third kappa shape index (κ3) is 1.65.